The van der Waals surface area contributed by atoms with Crippen molar-refractivity contribution in [2.45, 2.75) is 52.2 Å². The molecule has 1 amide bonds. The van der Waals surface area contributed by atoms with Gasteiger partial charge < -0.3 is 20.3 Å². The standard InChI is InChI=1S/C17H26N2O4/c1-16(2,3)23-15(21)19-10-7-9(8-11(22-6)13(10)20)12-14(18)17(12,4)5/h7-8,12,14,20H,18H2,1-6H3,(H,19,21)/t12-,14-/m1/s1. The number of carbonyl (C=O) groups excluding carboxylic acids is 1. The van der Waals surface area contributed by atoms with E-state index in [2.05, 4.69) is 19.2 Å². The number of rotatable bonds is 3. The maximum atomic E-state index is 12.0. The molecule has 0 saturated heterocycles. The highest BCUT2D eigenvalue weighted by Crippen LogP contribution is 2.58. The Hall–Kier alpha value is -1.95. The summed E-state index contributed by atoms with van der Waals surface area (Å²) >= 11 is 0. The van der Waals surface area contributed by atoms with E-state index < -0.39 is 11.7 Å². The monoisotopic (exact) mass is 322 g/mol. The molecule has 23 heavy (non-hydrogen) atoms. The molecule has 1 fully saturated rings. The number of nitrogens with one attached hydrogen (secondary N) is 1. The number of phenols is 1. The van der Waals surface area contributed by atoms with Crippen LogP contribution in [0.2, 0.25) is 0 Å². The summed E-state index contributed by atoms with van der Waals surface area (Å²) in [5.41, 5.74) is 6.65. The van der Waals surface area contributed by atoms with Gasteiger partial charge in [-0.2, -0.15) is 0 Å². The van der Waals surface area contributed by atoms with Crippen molar-refractivity contribution >= 4 is 11.8 Å². The van der Waals surface area contributed by atoms with E-state index in [0.29, 0.717) is 5.75 Å². The van der Waals surface area contributed by atoms with Gasteiger partial charge in [0.1, 0.15) is 5.60 Å². The van der Waals surface area contributed by atoms with Crippen molar-refractivity contribution in [2.24, 2.45) is 11.1 Å². The number of carbonyl (C=O) groups is 1. The van der Waals surface area contributed by atoms with E-state index in [1.807, 2.05) is 0 Å². The summed E-state index contributed by atoms with van der Waals surface area (Å²) < 4.78 is 10.4. The van der Waals surface area contributed by atoms with Crippen molar-refractivity contribution < 1.29 is 19.4 Å². The molecule has 0 bridgehead atoms. The fourth-order valence-electron chi connectivity index (χ4n) is 2.79. The Morgan fingerprint density at radius 1 is 1.35 bits per heavy atom. The molecule has 4 N–H and O–H groups in total. The molecule has 1 saturated carbocycles. The third-order valence-electron chi connectivity index (χ3n) is 4.22. The molecule has 0 unspecified atom stereocenters. The summed E-state index contributed by atoms with van der Waals surface area (Å²) in [6.45, 7) is 9.49. The Kier molecular flexibility index (Phi) is 4.24. The fraction of sp³-hybridized carbons (Fsp3) is 0.588. The lowest BCUT2D eigenvalue weighted by atomic mass is 10.0. The van der Waals surface area contributed by atoms with Gasteiger partial charge in [0.05, 0.1) is 12.8 Å². The van der Waals surface area contributed by atoms with Crippen LogP contribution in [0.3, 0.4) is 0 Å². The van der Waals surface area contributed by atoms with E-state index in [4.69, 9.17) is 15.2 Å². The van der Waals surface area contributed by atoms with E-state index in [0.717, 1.165) is 5.56 Å². The van der Waals surface area contributed by atoms with Gasteiger partial charge in [0.2, 0.25) is 0 Å². The van der Waals surface area contributed by atoms with E-state index in [-0.39, 0.29) is 28.8 Å². The largest absolute Gasteiger partial charge is 0.503 e. The predicted molar refractivity (Wildman–Crippen MR) is 89.0 cm³/mol. The average molecular weight is 322 g/mol. The third kappa shape index (κ3) is 3.52. The van der Waals surface area contributed by atoms with Gasteiger partial charge in [-0.3, -0.25) is 5.32 Å². The third-order valence-corrected chi connectivity index (χ3v) is 4.22. The first-order valence-electron chi connectivity index (χ1n) is 7.64. The van der Waals surface area contributed by atoms with E-state index in [1.165, 1.54) is 7.11 Å². The minimum atomic E-state index is -0.633. The number of hydrogen-bond donors (Lipinski definition) is 3. The molecule has 2 rings (SSSR count). The van der Waals surface area contributed by atoms with Gasteiger partial charge in [0.25, 0.3) is 0 Å². The number of hydrogen-bond acceptors (Lipinski definition) is 5. The number of amides is 1. The summed E-state index contributed by atoms with van der Waals surface area (Å²) in [5.74, 6) is 0.314. The summed E-state index contributed by atoms with van der Waals surface area (Å²) in [6, 6.07) is 3.52. The van der Waals surface area contributed by atoms with Crippen molar-refractivity contribution in [2.75, 3.05) is 12.4 Å². The van der Waals surface area contributed by atoms with Crippen LogP contribution in [0.4, 0.5) is 10.5 Å². The van der Waals surface area contributed by atoms with Crippen LogP contribution in [0.25, 0.3) is 0 Å². The smallest absolute Gasteiger partial charge is 0.412 e. The molecular formula is C17H26N2O4. The highest BCUT2D eigenvalue weighted by atomic mass is 16.6. The summed E-state index contributed by atoms with van der Waals surface area (Å²) in [4.78, 5) is 12.0. The molecule has 1 aromatic rings. The second-order valence-corrected chi connectivity index (χ2v) is 7.57. The molecular weight excluding hydrogens is 296 g/mol. The molecule has 0 radical (unpaired) electrons. The number of phenolic OH excluding ortho intramolecular Hbond substituents is 1. The first-order valence-corrected chi connectivity index (χ1v) is 7.64. The zero-order valence-corrected chi connectivity index (χ0v) is 14.6. The maximum absolute atomic E-state index is 12.0. The molecule has 1 aliphatic carbocycles. The second-order valence-electron chi connectivity index (χ2n) is 7.57. The Bertz CT molecular complexity index is 620. The van der Waals surface area contributed by atoms with Crippen LogP contribution in [0.15, 0.2) is 12.1 Å². The van der Waals surface area contributed by atoms with Crippen LogP contribution >= 0.6 is 0 Å². The number of anilines is 1. The molecule has 1 aromatic carbocycles. The summed E-state index contributed by atoms with van der Waals surface area (Å²) in [5, 5.41) is 12.8. The molecule has 2 atom stereocenters. The zero-order chi connectivity index (χ0) is 17.6. The predicted octanol–water partition coefficient (Wildman–Crippen LogP) is 3.20. The minimum absolute atomic E-state index is 0.0226. The quantitative estimate of drug-likeness (QED) is 0.743. The first-order chi connectivity index (χ1) is 10.5. The molecule has 128 valence electrons. The zero-order valence-electron chi connectivity index (χ0n) is 14.6. The Morgan fingerprint density at radius 3 is 2.35 bits per heavy atom. The minimum Gasteiger partial charge on any atom is -0.503 e. The Labute approximate surface area is 137 Å². The number of benzene rings is 1. The molecule has 0 aromatic heterocycles. The molecule has 0 heterocycles. The first kappa shape index (κ1) is 17.4. The average Bonchev–Trinajstić information content (AvgIpc) is 2.89. The van der Waals surface area contributed by atoms with Crippen LogP contribution < -0.4 is 15.8 Å². The topological polar surface area (TPSA) is 93.8 Å². The van der Waals surface area contributed by atoms with Gasteiger partial charge in [-0.25, -0.2) is 4.79 Å². The lowest BCUT2D eigenvalue weighted by Crippen LogP contribution is -2.27. The lowest BCUT2D eigenvalue weighted by Gasteiger charge is -2.20. The summed E-state index contributed by atoms with van der Waals surface area (Å²) in [7, 11) is 1.47. The van der Waals surface area contributed by atoms with Gasteiger partial charge in [0, 0.05) is 12.0 Å². The molecule has 1 aliphatic rings. The number of nitrogens with two attached hydrogens (primary N) is 1. The highest BCUT2D eigenvalue weighted by molar-refractivity contribution is 5.88. The van der Waals surface area contributed by atoms with Crippen LogP contribution in [-0.2, 0) is 4.74 Å². The number of methoxy groups -OCH3 is 1. The van der Waals surface area contributed by atoms with Crippen molar-refractivity contribution in [3.63, 3.8) is 0 Å². The SMILES string of the molecule is COc1cc([C@@H]2[C@@H](N)C2(C)C)cc(NC(=O)OC(C)(C)C)c1O. The molecule has 0 aliphatic heterocycles. The lowest BCUT2D eigenvalue weighted by molar-refractivity contribution is 0.0635. The Balaban J connectivity index is 2.30. The van der Waals surface area contributed by atoms with Gasteiger partial charge in [-0.1, -0.05) is 13.8 Å². The number of aromatic hydroxyl groups is 1. The van der Waals surface area contributed by atoms with Crippen molar-refractivity contribution in [3.05, 3.63) is 17.7 Å². The van der Waals surface area contributed by atoms with Gasteiger partial charge in [-0.15, -0.1) is 0 Å². The number of ether oxygens (including phenoxy) is 2. The van der Waals surface area contributed by atoms with E-state index in [9.17, 15) is 9.90 Å². The van der Waals surface area contributed by atoms with Crippen LogP contribution in [0.5, 0.6) is 11.5 Å². The maximum Gasteiger partial charge on any atom is 0.412 e. The fourth-order valence-corrected chi connectivity index (χ4v) is 2.79. The normalized spacial score (nSPS) is 22.4. The van der Waals surface area contributed by atoms with Crippen LogP contribution in [0.1, 0.15) is 46.1 Å². The molecule has 6 heteroatoms. The van der Waals surface area contributed by atoms with E-state index in [1.54, 1.807) is 32.9 Å². The van der Waals surface area contributed by atoms with Crippen LogP contribution in [-0.4, -0.2) is 30.0 Å². The van der Waals surface area contributed by atoms with Crippen LogP contribution in [0, 0.1) is 5.41 Å². The van der Waals surface area contributed by atoms with Gasteiger partial charge in [-0.05, 0) is 43.9 Å². The van der Waals surface area contributed by atoms with Crippen molar-refractivity contribution in [1.29, 1.82) is 0 Å². The van der Waals surface area contributed by atoms with Crippen molar-refractivity contribution in [1.82, 2.24) is 0 Å². The molecule has 0 spiro atoms. The summed E-state index contributed by atoms with van der Waals surface area (Å²) in [6.07, 6.45) is -0.633. The van der Waals surface area contributed by atoms with Crippen molar-refractivity contribution in [3.8, 4) is 11.5 Å². The second kappa shape index (κ2) is 5.60. The Morgan fingerprint density at radius 2 is 1.91 bits per heavy atom. The van der Waals surface area contributed by atoms with E-state index >= 15 is 0 Å². The highest BCUT2D eigenvalue weighted by Gasteiger charge is 2.56. The van der Waals surface area contributed by atoms with Gasteiger partial charge in [0.15, 0.2) is 11.5 Å². The van der Waals surface area contributed by atoms with Gasteiger partial charge >= 0.3 is 6.09 Å². The molecule has 6 nitrogen and oxygen atoms in total.